The van der Waals surface area contributed by atoms with Gasteiger partial charge in [-0.1, -0.05) is 24.3 Å². The summed E-state index contributed by atoms with van der Waals surface area (Å²) in [6.07, 6.45) is -2.59. The van der Waals surface area contributed by atoms with Crippen LogP contribution in [0.25, 0.3) is 0 Å². The second kappa shape index (κ2) is 7.94. The number of rotatable bonds is 6. The number of likely N-dealkylation sites (tertiary alicyclic amines) is 1. The SMILES string of the molecule is COCc1ccccc1CNC1CCN(CC(F)(F)F)CC1. The van der Waals surface area contributed by atoms with E-state index in [4.69, 9.17) is 4.74 Å². The number of hydrogen-bond acceptors (Lipinski definition) is 3. The normalized spacial score (nSPS) is 17.8. The second-order valence-electron chi connectivity index (χ2n) is 5.75. The number of alkyl halides is 3. The van der Waals surface area contributed by atoms with Gasteiger partial charge in [-0.25, -0.2) is 0 Å². The average Bonchev–Trinajstić information content (AvgIpc) is 2.47. The molecule has 0 spiro atoms. The molecule has 0 unspecified atom stereocenters. The standard InChI is InChI=1S/C16H23F3N2O/c1-22-11-14-5-3-2-4-13(14)10-20-15-6-8-21(9-7-15)12-16(17,18)19/h2-5,15,20H,6-12H2,1H3. The van der Waals surface area contributed by atoms with Crippen molar-refractivity contribution < 1.29 is 17.9 Å². The molecule has 1 aliphatic rings. The fourth-order valence-electron chi connectivity index (χ4n) is 2.83. The number of piperidine rings is 1. The molecule has 1 aromatic carbocycles. The molecular formula is C16H23F3N2O. The molecule has 0 atom stereocenters. The quantitative estimate of drug-likeness (QED) is 0.873. The van der Waals surface area contributed by atoms with E-state index in [0.29, 0.717) is 19.7 Å². The van der Waals surface area contributed by atoms with Crippen LogP contribution >= 0.6 is 0 Å². The highest BCUT2D eigenvalue weighted by atomic mass is 19.4. The molecule has 2 rings (SSSR count). The first-order valence-electron chi connectivity index (χ1n) is 7.56. The lowest BCUT2D eigenvalue weighted by Crippen LogP contribution is -2.45. The first-order chi connectivity index (χ1) is 10.5. The van der Waals surface area contributed by atoms with Crippen LogP contribution in [0.2, 0.25) is 0 Å². The zero-order valence-electron chi connectivity index (χ0n) is 12.8. The molecule has 22 heavy (non-hydrogen) atoms. The molecule has 0 saturated carbocycles. The third kappa shape index (κ3) is 5.59. The summed E-state index contributed by atoms with van der Waals surface area (Å²) in [5, 5.41) is 3.46. The highest BCUT2D eigenvalue weighted by molar-refractivity contribution is 5.26. The van der Waals surface area contributed by atoms with Gasteiger partial charge in [-0.2, -0.15) is 13.2 Å². The van der Waals surface area contributed by atoms with E-state index in [1.165, 1.54) is 10.5 Å². The predicted molar refractivity (Wildman–Crippen MR) is 79.5 cm³/mol. The monoisotopic (exact) mass is 316 g/mol. The number of halogens is 3. The van der Waals surface area contributed by atoms with Crippen molar-refractivity contribution in [3.05, 3.63) is 35.4 Å². The second-order valence-corrected chi connectivity index (χ2v) is 5.75. The molecule has 0 radical (unpaired) electrons. The van der Waals surface area contributed by atoms with Gasteiger partial charge in [-0.3, -0.25) is 4.90 Å². The van der Waals surface area contributed by atoms with Crippen molar-refractivity contribution in [3.8, 4) is 0 Å². The summed E-state index contributed by atoms with van der Waals surface area (Å²) in [6.45, 7) is 1.50. The number of benzene rings is 1. The lowest BCUT2D eigenvalue weighted by molar-refractivity contribution is -0.148. The largest absolute Gasteiger partial charge is 0.401 e. The highest BCUT2D eigenvalue weighted by Crippen LogP contribution is 2.20. The summed E-state index contributed by atoms with van der Waals surface area (Å²) in [5.74, 6) is 0. The Hall–Kier alpha value is -1.11. The minimum absolute atomic E-state index is 0.278. The molecule has 6 heteroatoms. The van der Waals surface area contributed by atoms with E-state index in [-0.39, 0.29) is 6.04 Å². The van der Waals surface area contributed by atoms with Crippen molar-refractivity contribution in [2.24, 2.45) is 0 Å². The molecule has 1 fully saturated rings. The first kappa shape index (κ1) is 17.2. The summed E-state index contributed by atoms with van der Waals surface area (Å²) in [6, 6.07) is 8.34. The van der Waals surface area contributed by atoms with Crippen LogP contribution in [0.4, 0.5) is 13.2 Å². The molecule has 0 bridgehead atoms. The lowest BCUT2D eigenvalue weighted by Gasteiger charge is -2.33. The topological polar surface area (TPSA) is 24.5 Å². The van der Waals surface area contributed by atoms with Crippen molar-refractivity contribution in [2.75, 3.05) is 26.7 Å². The van der Waals surface area contributed by atoms with Gasteiger partial charge < -0.3 is 10.1 Å². The molecule has 0 aromatic heterocycles. The molecule has 1 heterocycles. The Labute approximate surface area is 129 Å². The maximum atomic E-state index is 12.4. The lowest BCUT2D eigenvalue weighted by atomic mass is 10.0. The van der Waals surface area contributed by atoms with E-state index >= 15 is 0 Å². The van der Waals surface area contributed by atoms with Gasteiger partial charge in [-0.05, 0) is 37.1 Å². The number of hydrogen-bond donors (Lipinski definition) is 1. The van der Waals surface area contributed by atoms with Crippen molar-refractivity contribution >= 4 is 0 Å². The first-order valence-corrected chi connectivity index (χ1v) is 7.56. The Balaban J connectivity index is 1.77. The smallest absolute Gasteiger partial charge is 0.380 e. The number of methoxy groups -OCH3 is 1. The van der Waals surface area contributed by atoms with Crippen molar-refractivity contribution in [2.45, 2.75) is 38.2 Å². The Kier molecular flexibility index (Phi) is 6.23. The molecule has 0 aliphatic carbocycles. The zero-order chi connectivity index (χ0) is 16.0. The van der Waals surface area contributed by atoms with Crippen LogP contribution in [-0.2, 0) is 17.9 Å². The van der Waals surface area contributed by atoms with Gasteiger partial charge in [0.25, 0.3) is 0 Å². The molecule has 1 N–H and O–H groups in total. The van der Waals surface area contributed by atoms with Crippen LogP contribution in [0.3, 0.4) is 0 Å². The van der Waals surface area contributed by atoms with Gasteiger partial charge in [-0.15, -0.1) is 0 Å². The molecular weight excluding hydrogens is 293 g/mol. The van der Waals surface area contributed by atoms with Crippen LogP contribution < -0.4 is 5.32 Å². The van der Waals surface area contributed by atoms with Crippen LogP contribution in [0.15, 0.2) is 24.3 Å². The van der Waals surface area contributed by atoms with E-state index in [2.05, 4.69) is 11.4 Å². The van der Waals surface area contributed by atoms with Crippen LogP contribution in [0.5, 0.6) is 0 Å². The molecule has 0 amide bonds. The Morgan fingerprint density at radius 2 is 1.82 bits per heavy atom. The molecule has 1 aromatic rings. The molecule has 1 aliphatic heterocycles. The van der Waals surface area contributed by atoms with Crippen molar-refractivity contribution in [1.82, 2.24) is 10.2 Å². The summed E-state index contributed by atoms with van der Waals surface area (Å²) in [4.78, 5) is 1.48. The number of nitrogens with zero attached hydrogens (tertiary/aromatic N) is 1. The van der Waals surface area contributed by atoms with Gasteiger partial charge in [0.2, 0.25) is 0 Å². The van der Waals surface area contributed by atoms with Gasteiger partial charge in [0.1, 0.15) is 0 Å². The van der Waals surface area contributed by atoms with Gasteiger partial charge in [0.05, 0.1) is 13.2 Å². The predicted octanol–water partition coefficient (Wildman–Crippen LogP) is 2.95. The Bertz CT molecular complexity index is 457. The minimum Gasteiger partial charge on any atom is -0.380 e. The van der Waals surface area contributed by atoms with E-state index in [0.717, 1.165) is 24.9 Å². The van der Waals surface area contributed by atoms with Crippen LogP contribution in [-0.4, -0.2) is 43.9 Å². The summed E-state index contributed by atoms with van der Waals surface area (Å²) < 4.78 is 42.2. The minimum atomic E-state index is -4.10. The molecule has 3 nitrogen and oxygen atoms in total. The maximum absolute atomic E-state index is 12.4. The fourth-order valence-corrected chi connectivity index (χ4v) is 2.83. The van der Waals surface area contributed by atoms with E-state index in [9.17, 15) is 13.2 Å². The summed E-state index contributed by atoms with van der Waals surface area (Å²) in [7, 11) is 1.67. The average molecular weight is 316 g/mol. The zero-order valence-corrected chi connectivity index (χ0v) is 12.8. The van der Waals surface area contributed by atoms with Crippen LogP contribution in [0, 0.1) is 0 Å². The third-order valence-corrected chi connectivity index (χ3v) is 3.99. The number of ether oxygens (including phenoxy) is 1. The fraction of sp³-hybridized carbons (Fsp3) is 0.625. The Morgan fingerprint density at radius 3 is 2.41 bits per heavy atom. The van der Waals surface area contributed by atoms with Gasteiger partial charge in [0.15, 0.2) is 0 Å². The van der Waals surface area contributed by atoms with Crippen molar-refractivity contribution in [3.63, 3.8) is 0 Å². The number of nitrogens with one attached hydrogen (secondary N) is 1. The summed E-state index contributed by atoms with van der Waals surface area (Å²) in [5.41, 5.74) is 2.33. The molecule has 1 saturated heterocycles. The highest BCUT2D eigenvalue weighted by Gasteiger charge is 2.32. The van der Waals surface area contributed by atoms with Crippen molar-refractivity contribution in [1.29, 1.82) is 0 Å². The Morgan fingerprint density at radius 1 is 1.18 bits per heavy atom. The van der Waals surface area contributed by atoms with Gasteiger partial charge in [0, 0.05) is 19.7 Å². The third-order valence-electron chi connectivity index (χ3n) is 3.99. The van der Waals surface area contributed by atoms with E-state index < -0.39 is 12.7 Å². The van der Waals surface area contributed by atoms with E-state index in [1.54, 1.807) is 7.11 Å². The molecule has 124 valence electrons. The van der Waals surface area contributed by atoms with Gasteiger partial charge >= 0.3 is 6.18 Å². The maximum Gasteiger partial charge on any atom is 0.401 e. The summed E-state index contributed by atoms with van der Waals surface area (Å²) >= 11 is 0. The van der Waals surface area contributed by atoms with E-state index in [1.807, 2.05) is 18.2 Å². The van der Waals surface area contributed by atoms with Crippen LogP contribution in [0.1, 0.15) is 24.0 Å².